The lowest BCUT2D eigenvalue weighted by Gasteiger charge is -2.11. The molecule has 0 unspecified atom stereocenters. The number of nitrogens with one attached hydrogen (secondary N) is 1. The molecule has 1 heterocycles. The summed E-state index contributed by atoms with van der Waals surface area (Å²) in [6.45, 7) is 3.20. The number of aromatic nitrogens is 3. The molecule has 0 aliphatic rings. The minimum Gasteiger partial charge on any atom is -0.384 e. The number of benzene rings is 1. The van der Waals surface area contributed by atoms with Gasteiger partial charge < -0.3 is 10.4 Å². The highest BCUT2D eigenvalue weighted by Crippen LogP contribution is 2.20. The van der Waals surface area contributed by atoms with Crippen molar-refractivity contribution in [3.8, 4) is 0 Å². The summed E-state index contributed by atoms with van der Waals surface area (Å²) in [5, 5.41) is 20.5. The lowest BCUT2D eigenvalue weighted by Crippen LogP contribution is -2.19. The van der Waals surface area contributed by atoms with Gasteiger partial charge in [-0.1, -0.05) is 28.9 Å². The zero-order valence-corrected chi connectivity index (χ0v) is 11.9. The van der Waals surface area contributed by atoms with Crippen molar-refractivity contribution < 1.29 is 9.90 Å². The van der Waals surface area contributed by atoms with Crippen LogP contribution in [0.2, 0.25) is 5.02 Å². The molecule has 1 amide bonds. The molecule has 2 aromatic rings. The van der Waals surface area contributed by atoms with Crippen molar-refractivity contribution in [1.82, 2.24) is 15.0 Å². The van der Waals surface area contributed by atoms with Crippen molar-refractivity contribution in [2.75, 3.05) is 5.32 Å². The van der Waals surface area contributed by atoms with Gasteiger partial charge in [-0.05, 0) is 26.0 Å². The molecule has 1 aromatic carbocycles. The molecule has 106 valence electrons. The molecule has 0 aliphatic heterocycles. The van der Waals surface area contributed by atoms with E-state index in [1.807, 2.05) is 0 Å². The minimum absolute atomic E-state index is 0.00565. The number of carbonyl (C=O) groups excluding carboxylic acids is 1. The molecule has 0 radical (unpaired) electrons. The Morgan fingerprint density at radius 1 is 1.45 bits per heavy atom. The van der Waals surface area contributed by atoms with E-state index in [4.69, 9.17) is 11.6 Å². The Hall–Kier alpha value is -1.92. The van der Waals surface area contributed by atoms with E-state index < -0.39 is 5.60 Å². The lowest BCUT2D eigenvalue weighted by atomic mass is 10.1. The van der Waals surface area contributed by atoms with Crippen LogP contribution < -0.4 is 5.32 Å². The maximum absolute atomic E-state index is 11.9. The first-order valence-electron chi connectivity index (χ1n) is 6.03. The first-order chi connectivity index (χ1) is 9.36. The van der Waals surface area contributed by atoms with Crippen molar-refractivity contribution >= 4 is 23.2 Å². The van der Waals surface area contributed by atoms with Crippen LogP contribution in [-0.2, 0) is 16.9 Å². The first kappa shape index (κ1) is 14.5. The molecular weight excluding hydrogens is 280 g/mol. The highest BCUT2D eigenvalue weighted by atomic mass is 35.5. The van der Waals surface area contributed by atoms with Crippen LogP contribution >= 0.6 is 11.6 Å². The van der Waals surface area contributed by atoms with Crippen LogP contribution in [-0.4, -0.2) is 26.0 Å². The normalized spacial score (nSPS) is 11.4. The third-order valence-corrected chi connectivity index (χ3v) is 2.95. The van der Waals surface area contributed by atoms with Crippen LogP contribution in [0.1, 0.15) is 19.5 Å². The van der Waals surface area contributed by atoms with Crippen LogP contribution in [0, 0.1) is 0 Å². The van der Waals surface area contributed by atoms with Gasteiger partial charge in [-0.15, -0.1) is 5.10 Å². The standard InChI is InChI=1S/C13H15ClN4O2/c1-13(2,20)11-7-18(17-16-11)8-12(19)15-10-6-4-3-5-9(10)14/h3-7,20H,8H2,1-2H3,(H,15,19). The predicted octanol–water partition coefficient (Wildman–Crippen LogP) is 1.80. The van der Waals surface area contributed by atoms with Crippen molar-refractivity contribution in [2.45, 2.75) is 26.0 Å². The van der Waals surface area contributed by atoms with Gasteiger partial charge in [-0.25, -0.2) is 4.68 Å². The van der Waals surface area contributed by atoms with Crippen LogP contribution in [0.3, 0.4) is 0 Å². The summed E-state index contributed by atoms with van der Waals surface area (Å²) in [7, 11) is 0. The van der Waals surface area contributed by atoms with Gasteiger partial charge in [0, 0.05) is 0 Å². The summed E-state index contributed by atoms with van der Waals surface area (Å²) >= 11 is 5.95. The Morgan fingerprint density at radius 3 is 2.75 bits per heavy atom. The number of anilines is 1. The fraction of sp³-hybridized carbons (Fsp3) is 0.308. The molecule has 2 rings (SSSR count). The van der Waals surface area contributed by atoms with Gasteiger partial charge in [0.05, 0.1) is 16.9 Å². The topological polar surface area (TPSA) is 80.0 Å². The number of halogens is 1. The molecular formula is C13H15ClN4O2. The van der Waals surface area contributed by atoms with Crippen molar-refractivity contribution in [3.05, 3.63) is 41.2 Å². The molecule has 0 atom stereocenters. The zero-order valence-electron chi connectivity index (χ0n) is 11.2. The maximum atomic E-state index is 11.9. The molecule has 0 saturated carbocycles. The molecule has 1 aromatic heterocycles. The largest absolute Gasteiger partial charge is 0.384 e. The van der Waals surface area contributed by atoms with Gasteiger partial charge in [0.2, 0.25) is 5.91 Å². The first-order valence-corrected chi connectivity index (χ1v) is 6.41. The average Bonchev–Trinajstić information content (AvgIpc) is 2.80. The van der Waals surface area contributed by atoms with Gasteiger partial charge in [0.25, 0.3) is 0 Å². The van der Waals surface area contributed by atoms with E-state index in [0.29, 0.717) is 16.4 Å². The lowest BCUT2D eigenvalue weighted by molar-refractivity contribution is -0.116. The third-order valence-electron chi connectivity index (χ3n) is 2.62. The number of nitrogens with zero attached hydrogens (tertiary/aromatic N) is 3. The van der Waals surface area contributed by atoms with E-state index in [-0.39, 0.29) is 12.5 Å². The Morgan fingerprint density at radius 2 is 2.15 bits per heavy atom. The van der Waals surface area contributed by atoms with Crippen LogP contribution in [0.25, 0.3) is 0 Å². The summed E-state index contributed by atoms with van der Waals surface area (Å²) < 4.78 is 1.36. The Bertz CT molecular complexity index is 619. The van der Waals surface area contributed by atoms with Crippen LogP contribution in [0.15, 0.2) is 30.5 Å². The Kier molecular flexibility index (Phi) is 4.06. The second kappa shape index (κ2) is 5.60. The van der Waals surface area contributed by atoms with E-state index in [0.717, 1.165) is 0 Å². The molecule has 6 nitrogen and oxygen atoms in total. The van der Waals surface area contributed by atoms with Gasteiger partial charge in [-0.3, -0.25) is 4.79 Å². The van der Waals surface area contributed by atoms with E-state index in [1.54, 1.807) is 38.1 Å². The van der Waals surface area contributed by atoms with Crippen molar-refractivity contribution in [3.63, 3.8) is 0 Å². The van der Waals surface area contributed by atoms with E-state index in [2.05, 4.69) is 15.6 Å². The predicted molar refractivity (Wildman–Crippen MR) is 75.3 cm³/mol. The van der Waals surface area contributed by atoms with Gasteiger partial charge in [0.15, 0.2) is 0 Å². The number of aliphatic hydroxyl groups is 1. The number of para-hydroxylation sites is 1. The van der Waals surface area contributed by atoms with Gasteiger partial charge >= 0.3 is 0 Å². The van der Waals surface area contributed by atoms with Gasteiger partial charge in [-0.2, -0.15) is 0 Å². The van der Waals surface area contributed by atoms with Gasteiger partial charge in [0.1, 0.15) is 17.8 Å². The third kappa shape index (κ3) is 3.55. The number of hydrogen-bond acceptors (Lipinski definition) is 4. The Labute approximate surface area is 121 Å². The fourth-order valence-electron chi connectivity index (χ4n) is 1.56. The van der Waals surface area contributed by atoms with Crippen LogP contribution in [0.4, 0.5) is 5.69 Å². The van der Waals surface area contributed by atoms with E-state index in [9.17, 15) is 9.90 Å². The summed E-state index contributed by atoms with van der Waals surface area (Å²) in [6, 6.07) is 6.97. The number of carbonyl (C=O) groups is 1. The van der Waals surface area contributed by atoms with Crippen molar-refractivity contribution in [2.24, 2.45) is 0 Å². The Balaban J connectivity index is 2.02. The monoisotopic (exact) mass is 294 g/mol. The molecule has 2 N–H and O–H groups in total. The second-order valence-corrected chi connectivity index (χ2v) is 5.30. The highest BCUT2D eigenvalue weighted by Gasteiger charge is 2.20. The quantitative estimate of drug-likeness (QED) is 0.901. The SMILES string of the molecule is CC(C)(O)c1cn(CC(=O)Nc2ccccc2Cl)nn1. The second-order valence-electron chi connectivity index (χ2n) is 4.89. The molecule has 0 fully saturated rings. The molecule has 0 spiro atoms. The highest BCUT2D eigenvalue weighted by molar-refractivity contribution is 6.33. The number of rotatable bonds is 4. The summed E-state index contributed by atoms with van der Waals surface area (Å²) in [4.78, 5) is 11.9. The fourth-order valence-corrected chi connectivity index (χ4v) is 1.74. The minimum atomic E-state index is -1.09. The van der Waals surface area contributed by atoms with E-state index in [1.165, 1.54) is 10.9 Å². The van der Waals surface area contributed by atoms with E-state index >= 15 is 0 Å². The smallest absolute Gasteiger partial charge is 0.246 e. The number of hydrogen-bond donors (Lipinski definition) is 2. The van der Waals surface area contributed by atoms with Crippen molar-refractivity contribution in [1.29, 1.82) is 0 Å². The molecule has 20 heavy (non-hydrogen) atoms. The zero-order chi connectivity index (χ0) is 14.8. The van der Waals surface area contributed by atoms with Crippen LogP contribution in [0.5, 0.6) is 0 Å². The summed E-state index contributed by atoms with van der Waals surface area (Å²) in [6.07, 6.45) is 1.53. The number of amides is 1. The molecule has 0 aliphatic carbocycles. The molecule has 0 saturated heterocycles. The molecule has 7 heteroatoms. The molecule has 0 bridgehead atoms. The summed E-state index contributed by atoms with van der Waals surface area (Å²) in [5.41, 5.74) is -0.137. The maximum Gasteiger partial charge on any atom is 0.246 e. The average molecular weight is 295 g/mol. The summed E-state index contributed by atoms with van der Waals surface area (Å²) in [5.74, 6) is -0.273.